The molecule has 0 radical (unpaired) electrons. The van der Waals surface area contributed by atoms with Crippen LogP contribution in [0.4, 0.5) is 17.1 Å². The first-order valence-electron chi connectivity index (χ1n) is 15.0. The van der Waals surface area contributed by atoms with Gasteiger partial charge in [0.25, 0.3) is 0 Å². The summed E-state index contributed by atoms with van der Waals surface area (Å²) in [6.45, 7) is 0. The normalized spacial score (nSPS) is 11.6. The van der Waals surface area contributed by atoms with Gasteiger partial charge in [0.2, 0.25) is 0 Å². The van der Waals surface area contributed by atoms with E-state index in [0.717, 1.165) is 44.4 Å². The van der Waals surface area contributed by atoms with E-state index in [4.69, 9.17) is 4.42 Å². The number of furan rings is 1. The molecule has 9 aromatic rings. The van der Waals surface area contributed by atoms with Gasteiger partial charge in [-0.1, -0.05) is 103 Å². The van der Waals surface area contributed by atoms with E-state index in [-0.39, 0.29) is 0 Å². The smallest absolute Gasteiger partial charge is 0.136 e. The molecule has 1 aromatic heterocycles. The van der Waals surface area contributed by atoms with E-state index in [1.54, 1.807) is 0 Å². The van der Waals surface area contributed by atoms with Crippen molar-refractivity contribution >= 4 is 71.3 Å². The molecule has 0 saturated carbocycles. The molecule has 44 heavy (non-hydrogen) atoms. The maximum absolute atomic E-state index is 6.16. The minimum atomic E-state index is 0.920. The second-order valence-electron chi connectivity index (χ2n) is 11.4. The third kappa shape index (κ3) is 3.96. The fourth-order valence-electron chi connectivity index (χ4n) is 6.70. The van der Waals surface area contributed by atoms with Crippen LogP contribution in [0, 0.1) is 0 Å². The van der Waals surface area contributed by atoms with Crippen molar-refractivity contribution in [2.24, 2.45) is 0 Å². The van der Waals surface area contributed by atoms with Crippen molar-refractivity contribution in [2.45, 2.75) is 0 Å². The molecule has 0 aliphatic carbocycles. The molecule has 2 heteroatoms. The van der Waals surface area contributed by atoms with Gasteiger partial charge < -0.3 is 9.32 Å². The van der Waals surface area contributed by atoms with Crippen LogP contribution in [0.5, 0.6) is 0 Å². The average molecular weight is 562 g/mol. The molecule has 0 fully saturated rings. The Kier molecular flexibility index (Phi) is 5.54. The Labute approximate surface area is 255 Å². The van der Waals surface area contributed by atoms with Crippen LogP contribution >= 0.6 is 0 Å². The van der Waals surface area contributed by atoms with Crippen molar-refractivity contribution < 1.29 is 4.42 Å². The highest BCUT2D eigenvalue weighted by molar-refractivity contribution is 6.14. The van der Waals surface area contributed by atoms with E-state index < -0.39 is 0 Å². The van der Waals surface area contributed by atoms with E-state index in [2.05, 4.69) is 157 Å². The molecule has 0 aliphatic rings. The quantitative estimate of drug-likeness (QED) is 0.199. The molecule has 8 aromatic carbocycles. The van der Waals surface area contributed by atoms with Gasteiger partial charge in [0.1, 0.15) is 11.2 Å². The molecule has 0 bridgehead atoms. The molecule has 0 saturated heterocycles. The first-order valence-corrected chi connectivity index (χ1v) is 15.0. The van der Waals surface area contributed by atoms with Crippen LogP contribution in [0.2, 0.25) is 0 Å². The van der Waals surface area contributed by atoms with Crippen LogP contribution in [0.3, 0.4) is 0 Å². The van der Waals surface area contributed by atoms with Crippen molar-refractivity contribution in [3.05, 3.63) is 164 Å². The van der Waals surface area contributed by atoms with Crippen LogP contribution in [0.1, 0.15) is 0 Å². The number of hydrogen-bond acceptors (Lipinski definition) is 2. The van der Waals surface area contributed by atoms with E-state index in [1.165, 1.54) is 38.1 Å². The lowest BCUT2D eigenvalue weighted by atomic mass is 9.93. The van der Waals surface area contributed by atoms with Gasteiger partial charge in [-0.25, -0.2) is 0 Å². The number of para-hydroxylation sites is 2. The van der Waals surface area contributed by atoms with Crippen LogP contribution in [-0.4, -0.2) is 0 Å². The van der Waals surface area contributed by atoms with E-state index in [0.29, 0.717) is 0 Å². The number of anilines is 3. The molecule has 0 N–H and O–H groups in total. The SMILES string of the molecule is c1ccc(N(c2ccc(-c3cc4ccccc4c4ccccc34)cc2)c2ccc3cc4oc5ccccc5c4cc3c2)cc1. The van der Waals surface area contributed by atoms with Gasteiger partial charge in [-0.2, -0.15) is 0 Å². The second-order valence-corrected chi connectivity index (χ2v) is 11.4. The summed E-state index contributed by atoms with van der Waals surface area (Å²) in [5.41, 5.74) is 7.63. The Morgan fingerprint density at radius 1 is 0.341 bits per heavy atom. The maximum Gasteiger partial charge on any atom is 0.136 e. The highest BCUT2D eigenvalue weighted by atomic mass is 16.3. The highest BCUT2D eigenvalue weighted by Crippen LogP contribution is 2.40. The van der Waals surface area contributed by atoms with Crippen molar-refractivity contribution in [2.75, 3.05) is 4.90 Å². The fraction of sp³-hybridized carbons (Fsp3) is 0. The van der Waals surface area contributed by atoms with Gasteiger partial charge >= 0.3 is 0 Å². The van der Waals surface area contributed by atoms with Crippen molar-refractivity contribution in [3.63, 3.8) is 0 Å². The molecule has 0 aliphatic heterocycles. The lowest BCUT2D eigenvalue weighted by Gasteiger charge is -2.26. The molecule has 9 rings (SSSR count). The second kappa shape index (κ2) is 9.86. The molecule has 0 amide bonds. The third-order valence-electron chi connectivity index (χ3n) is 8.80. The molecule has 0 unspecified atom stereocenters. The summed E-state index contributed by atoms with van der Waals surface area (Å²) < 4.78 is 6.16. The van der Waals surface area contributed by atoms with E-state index in [1.807, 2.05) is 12.1 Å². The summed E-state index contributed by atoms with van der Waals surface area (Å²) in [5, 5.41) is 9.73. The van der Waals surface area contributed by atoms with Crippen molar-refractivity contribution in [3.8, 4) is 11.1 Å². The first kappa shape index (κ1) is 24.7. The largest absolute Gasteiger partial charge is 0.456 e. The summed E-state index contributed by atoms with van der Waals surface area (Å²) in [4.78, 5) is 2.33. The van der Waals surface area contributed by atoms with Gasteiger partial charge in [-0.05, 0) is 104 Å². The lowest BCUT2D eigenvalue weighted by molar-refractivity contribution is 0.669. The average Bonchev–Trinajstić information content (AvgIpc) is 3.45. The van der Waals surface area contributed by atoms with Gasteiger partial charge in [0.15, 0.2) is 0 Å². The maximum atomic E-state index is 6.16. The molecule has 0 atom stereocenters. The Hall–Kier alpha value is -5.86. The molecule has 0 spiro atoms. The summed E-state index contributed by atoms with van der Waals surface area (Å²) >= 11 is 0. The highest BCUT2D eigenvalue weighted by Gasteiger charge is 2.15. The van der Waals surface area contributed by atoms with Crippen LogP contribution in [0.25, 0.3) is 65.4 Å². The number of rotatable bonds is 4. The molecule has 206 valence electrons. The fourth-order valence-corrected chi connectivity index (χ4v) is 6.70. The topological polar surface area (TPSA) is 16.4 Å². The van der Waals surface area contributed by atoms with Gasteiger partial charge in [0, 0.05) is 27.8 Å². The Balaban J connectivity index is 1.18. The van der Waals surface area contributed by atoms with Gasteiger partial charge in [-0.3, -0.25) is 0 Å². The number of nitrogens with zero attached hydrogens (tertiary/aromatic N) is 1. The van der Waals surface area contributed by atoms with E-state index in [9.17, 15) is 0 Å². The molecular formula is C42H27NO. The standard InChI is InChI=1S/C42H27NO/c1-2-11-32(12-3-1)43(34-23-20-29-27-42-40(26-31(29)24-34)38-16-8-9-17-41(38)44-42)33-21-18-28(19-22-33)39-25-30-10-4-5-13-35(30)36-14-6-7-15-37(36)39/h1-27H. The predicted octanol–water partition coefficient (Wildman–Crippen LogP) is 12.2. The molecular weight excluding hydrogens is 534 g/mol. The number of fused-ring (bicyclic) bond motifs is 7. The van der Waals surface area contributed by atoms with Crippen molar-refractivity contribution in [1.82, 2.24) is 0 Å². The number of benzene rings is 8. The third-order valence-corrected chi connectivity index (χ3v) is 8.80. The predicted molar refractivity (Wildman–Crippen MR) is 186 cm³/mol. The minimum absolute atomic E-state index is 0.920. The lowest BCUT2D eigenvalue weighted by Crippen LogP contribution is -2.09. The minimum Gasteiger partial charge on any atom is -0.456 e. The zero-order valence-electron chi connectivity index (χ0n) is 23.9. The Morgan fingerprint density at radius 3 is 1.84 bits per heavy atom. The zero-order valence-corrected chi connectivity index (χ0v) is 23.9. The summed E-state index contributed by atoms with van der Waals surface area (Å²) in [5.74, 6) is 0. The van der Waals surface area contributed by atoms with Crippen LogP contribution < -0.4 is 4.90 Å². The van der Waals surface area contributed by atoms with E-state index >= 15 is 0 Å². The van der Waals surface area contributed by atoms with Gasteiger partial charge in [0.05, 0.1) is 0 Å². The van der Waals surface area contributed by atoms with Crippen LogP contribution in [0.15, 0.2) is 168 Å². The summed E-state index contributed by atoms with van der Waals surface area (Å²) in [6.07, 6.45) is 0. The zero-order chi connectivity index (χ0) is 29.0. The monoisotopic (exact) mass is 561 g/mol. The number of hydrogen-bond donors (Lipinski definition) is 0. The molecule has 1 heterocycles. The molecule has 2 nitrogen and oxygen atoms in total. The summed E-state index contributed by atoms with van der Waals surface area (Å²) in [7, 11) is 0. The van der Waals surface area contributed by atoms with Crippen LogP contribution in [-0.2, 0) is 0 Å². The summed E-state index contributed by atoms with van der Waals surface area (Å²) in [6, 6.07) is 58.6. The Morgan fingerprint density at radius 2 is 1.00 bits per heavy atom. The van der Waals surface area contributed by atoms with Crippen molar-refractivity contribution in [1.29, 1.82) is 0 Å². The Bertz CT molecular complexity index is 2490. The van der Waals surface area contributed by atoms with Gasteiger partial charge in [-0.15, -0.1) is 0 Å². The first-order chi connectivity index (χ1) is 21.8.